The van der Waals surface area contributed by atoms with Gasteiger partial charge >= 0.3 is 0 Å². The molecule has 126 valence electrons. The van der Waals surface area contributed by atoms with Crippen LogP contribution in [0.2, 0.25) is 0 Å². The minimum Gasteiger partial charge on any atom is -0.334 e. The van der Waals surface area contributed by atoms with E-state index in [0.717, 1.165) is 12.3 Å². The Morgan fingerprint density at radius 1 is 1.17 bits per heavy atom. The lowest BCUT2D eigenvalue weighted by Crippen LogP contribution is -2.44. The zero-order valence-electron chi connectivity index (χ0n) is 13.8. The van der Waals surface area contributed by atoms with Crippen LogP contribution in [0.25, 0.3) is 0 Å². The third kappa shape index (κ3) is 3.73. The highest BCUT2D eigenvalue weighted by Crippen LogP contribution is 2.36. The average molecular weight is 342 g/mol. The van der Waals surface area contributed by atoms with Crippen molar-refractivity contribution in [1.29, 1.82) is 0 Å². The van der Waals surface area contributed by atoms with Gasteiger partial charge in [-0.15, -0.1) is 0 Å². The topological polar surface area (TPSA) is 42.3 Å². The van der Waals surface area contributed by atoms with Gasteiger partial charge in [0.25, 0.3) is 5.56 Å². The van der Waals surface area contributed by atoms with Gasteiger partial charge < -0.3 is 9.47 Å². The summed E-state index contributed by atoms with van der Waals surface area (Å²) in [5.41, 5.74) is 1.12. The standard InChI is InChI=1S/C19H22N2O2S/c1-15-19(16-7-3-2-4-8-16)21(13-14-24-15)18(23)10-12-20-11-6-5-9-17(20)22/h2-9,11,15,19H,10,12-14H2,1H3/t15-,19+/m0/s1. The SMILES string of the molecule is C[C@@H]1SCCN(C(=O)CCn2ccccc2=O)[C@H]1c1ccccc1. The Bertz CT molecular complexity index is 744. The Kier molecular flexibility index (Phi) is 5.41. The van der Waals surface area contributed by atoms with Gasteiger partial charge in [0.05, 0.1) is 6.04 Å². The van der Waals surface area contributed by atoms with Crippen molar-refractivity contribution in [1.82, 2.24) is 9.47 Å². The zero-order valence-corrected chi connectivity index (χ0v) is 14.6. The predicted octanol–water partition coefficient (Wildman–Crippen LogP) is 2.94. The molecule has 1 aliphatic heterocycles. The molecule has 4 nitrogen and oxygen atoms in total. The van der Waals surface area contributed by atoms with Crippen LogP contribution in [0.3, 0.4) is 0 Å². The third-order valence-electron chi connectivity index (χ3n) is 4.42. The number of benzene rings is 1. The van der Waals surface area contributed by atoms with E-state index in [2.05, 4.69) is 19.1 Å². The summed E-state index contributed by atoms with van der Waals surface area (Å²) >= 11 is 1.91. The van der Waals surface area contributed by atoms with Gasteiger partial charge in [-0.3, -0.25) is 9.59 Å². The van der Waals surface area contributed by atoms with Gasteiger partial charge in [-0.1, -0.05) is 43.3 Å². The zero-order chi connectivity index (χ0) is 16.9. The summed E-state index contributed by atoms with van der Waals surface area (Å²) in [4.78, 5) is 26.6. The molecule has 0 unspecified atom stereocenters. The molecule has 1 amide bonds. The minimum absolute atomic E-state index is 0.0625. The summed E-state index contributed by atoms with van der Waals surface area (Å²) in [6.07, 6.45) is 2.09. The van der Waals surface area contributed by atoms with E-state index in [1.54, 1.807) is 16.8 Å². The molecule has 0 spiro atoms. The molecule has 2 aromatic rings. The van der Waals surface area contributed by atoms with Crippen LogP contribution in [0.4, 0.5) is 0 Å². The second-order valence-corrected chi connectivity index (χ2v) is 7.49. The van der Waals surface area contributed by atoms with Crippen LogP contribution in [-0.2, 0) is 11.3 Å². The number of aromatic nitrogens is 1. The number of aryl methyl sites for hydroxylation is 1. The average Bonchev–Trinajstić information content (AvgIpc) is 2.61. The molecule has 1 aromatic carbocycles. The predicted molar refractivity (Wildman–Crippen MR) is 98.1 cm³/mol. The summed E-state index contributed by atoms with van der Waals surface area (Å²) in [5.74, 6) is 1.08. The lowest BCUT2D eigenvalue weighted by atomic mass is 10.0. The maximum Gasteiger partial charge on any atom is 0.250 e. The first-order valence-corrected chi connectivity index (χ1v) is 9.33. The number of thioether (sulfide) groups is 1. The maximum atomic E-state index is 12.8. The van der Waals surface area contributed by atoms with Crippen LogP contribution < -0.4 is 5.56 Å². The minimum atomic E-state index is -0.0625. The molecule has 1 fully saturated rings. The summed E-state index contributed by atoms with van der Waals surface area (Å²) < 4.78 is 1.59. The van der Waals surface area contributed by atoms with Gasteiger partial charge in [0.15, 0.2) is 0 Å². The maximum absolute atomic E-state index is 12.8. The molecule has 0 aliphatic carbocycles. The van der Waals surface area contributed by atoms with Crippen molar-refractivity contribution in [2.45, 2.75) is 31.2 Å². The van der Waals surface area contributed by atoms with Crippen LogP contribution >= 0.6 is 11.8 Å². The van der Waals surface area contributed by atoms with Crippen LogP contribution in [-0.4, -0.2) is 32.9 Å². The molecule has 2 heterocycles. The molecule has 0 N–H and O–H groups in total. The van der Waals surface area contributed by atoms with Crippen molar-refractivity contribution in [3.05, 3.63) is 70.6 Å². The van der Waals surface area contributed by atoms with Crippen molar-refractivity contribution >= 4 is 17.7 Å². The van der Waals surface area contributed by atoms with Crippen LogP contribution in [0.5, 0.6) is 0 Å². The molecule has 24 heavy (non-hydrogen) atoms. The number of rotatable bonds is 4. The van der Waals surface area contributed by atoms with Crippen molar-refractivity contribution in [2.75, 3.05) is 12.3 Å². The summed E-state index contributed by atoms with van der Waals surface area (Å²) in [6, 6.07) is 15.4. The number of carbonyl (C=O) groups excluding carboxylic acids is 1. The van der Waals surface area contributed by atoms with E-state index in [-0.39, 0.29) is 17.5 Å². The van der Waals surface area contributed by atoms with Crippen LogP contribution in [0, 0.1) is 0 Å². The summed E-state index contributed by atoms with van der Waals surface area (Å²) in [7, 11) is 0. The fraction of sp³-hybridized carbons (Fsp3) is 0.368. The molecule has 1 saturated heterocycles. The fourth-order valence-electron chi connectivity index (χ4n) is 3.21. The van der Waals surface area contributed by atoms with Crippen molar-refractivity contribution in [3.8, 4) is 0 Å². The Morgan fingerprint density at radius 3 is 2.67 bits per heavy atom. The first-order chi connectivity index (χ1) is 11.7. The highest BCUT2D eigenvalue weighted by molar-refractivity contribution is 8.00. The Labute approximate surface area is 146 Å². The van der Waals surface area contributed by atoms with E-state index in [4.69, 9.17) is 0 Å². The number of nitrogens with zero attached hydrogens (tertiary/aromatic N) is 2. The quantitative estimate of drug-likeness (QED) is 0.858. The molecule has 5 heteroatoms. The first-order valence-electron chi connectivity index (χ1n) is 8.28. The highest BCUT2D eigenvalue weighted by Gasteiger charge is 2.33. The summed E-state index contributed by atoms with van der Waals surface area (Å²) in [5, 5.41) is 0.365. The molecule has 0 radical (unpaired) electrons. The van der Waals surface area contributed by atoms with E-state index < -0.39 is 0 Å². The smallest absolute Gasteiger partial charge is 0.250 e. The number of amides is 1. The van der Waals surface area contributed by atoms with E-state index in [0.29, 0.717) is 18.2 Å². The first kappa shape index (κ1) is 16.8. The Balaban J connectivity index is 1.74. The van der Waals surface area contributed by atoms with Crippen molar-refractivity contribution in [3.63, 3.8) is 0 Å². The van der Waals surface area contributed by atoms with Gasteiger partial charge in [0.1, 0.15) is 0 Å². The van der Waals surface area contributed by atoms with Crippen molar-refractivity contribution < 1.29 is 4.79 Å². The van der Waals surface area contributed by atoms with E-state index in [1.807, 2.05) is 40.9 Å². The van der Waals surface area contributed by atoms with Crippen molar-refractivity contribution in [2.24, 2.45) is 0 Å². The number of hydrogen-bond acceptors (Lipinski definition) is 3. The summed E-state index contributed by atoms with van der Waals surface area (Å²) in [6.45, 7) is 3.37. The number of pyridine rings is 1. The lowest BCUT2D eigenvalue weighted by molar-refractivity contribution is -0.133. The van der Waals surface area contributed by atoms with Gasteiger partial charge in [-0.25, -0.2) is 0 Å². The molecular weight excluding hydrogens is 320 g/mol. The van der Waals surface area contributed by atoms with E-state index in [1.165, 1.54) is 11.6 Å². The molecular formula is C19H22N2O2S. The number of hydrogen-bond donors (Lipinski definition) is 0. The second kappa shape index (κ2) is 7.71. The molecule has 1 aliphatic rings. The van der Waals surface area contributed by atoms with Gasteiger partial charge in [-0.05, 0) is 11.6 Å². The third-order valence-corrected chi connectivity index (χ3v) is 5.62. The van der Waals surface area contributed by atoms with Gasteiger partial charge in [0, 0.05) is 42.8 Å². The molecule has 2 atom stereocenters. The molecule has 3 rings (SSSR count). The van der Waals surface area contributed by atoms with E-state index in [9.17, 15) is 9.59 Å². The Hall–Kier alpha value is -2.01. The van der Waals surface area contributed by atoms with Gasteiger partial charge in [-0.2, -0.15) is 11.8 Å². The molecule has 0 saturated carbocycles. The lowest BCUT2D eigenvalue weighted by Gasteiger charge is -2.40. The normalized spacial score (nSPS) is 20.8. The molecule has 1 aromatic heterocycles. The Morgan fingerprint density at radius 2 is 1.92 bits per heavy atom. The largest absolute Gasteiger partial charge is 0.334 e. The van der Waals surface area contributed by atoms with Gasteiger partial charge in [0.2, 0.25) is 5.91 Å². The fourth-order valence-corrected chi connectivity index (χ4v) is 4.37. The highest BCUT2D eigenvalue weighted by atomic mass is 32.2. The molecule has 0 bridgehead atoms. The van der Waals surface area contributed by atoms with E-state index >= 15 is 0 Å². The monoisotopic (exact) mass is 342 g/mol. The van der Waals surface area contributed by atoms with Crippen LogP contribution in [0.15, 0.2) is 59.5 Å². The second-order valence-electron chi connectivity index (χ2n) is 6.00. The van der Waals surface area contributed by atoms with Crippen LogP contribution in [0.1, 0.15) is 24.9 Å². The number of carbonyl (C=O) groups is 1.